The highest BCUT2D eigenvalue weighted by molar-refractivity contribution is 5.31. The summed E-state index contributed by atoms with van der Waals surface area (Å²) in [4.78, 5) is 15.8. The topological polar surface area (TPSA) is 73.8 Å². The van der Waals surface area contributed by atoms with Gasteiger partial charge in [0.1, 0.15) is 0 Å². The standard InChI is InChI=1S/C11H12N4O/c1-8-3-2-4-13-10(8)7-15-11(16)5-9(12)6-14-15/h2-6H,7,12H2,1H3. The molecule has 0 aliphatic rings. The molecule has 0 aliphatic heterocycles. The zero-order valence-corrected chi connectivity index (χ0v) is 8.92. The van der Waals surface area contributed by atoms with Crippen molar-refractivity contribution in [3.63, 3.8) is 0 Å². The van der Waals surface area contributed by atoms with E-state index in [0.717, 1.165) is 11.3 Å². The van der Waals surface area contributed by atoms with Crippen LogP contribution in [0.4, 0.5) is 5.69 Å². The molecular formula is C11H12N4O. The second kappa shape index (κ2) is 4.14. The van der Waals surface area contributed by atoms with Crippen LogP contribution in [0.3, 0.4) is 0 Å². The van der Waals surface area contributed by atoms with Crippen LogP contribution in [0.1, 0.15) is 11.3 Å². The number of aryl methyl sites for hydroxylation is 1. The Morgan fingerprint density at radius 3 is 3.00 bits per heavy atom. The number of pyridine rings is 1. The third kappa shape index (κ3) is 2.08. The van der Waals surface area contributed by atoms with Crippen molar-refractivity contribution < 1.29 is 0 Å². The van der Waals surface area contributed by atoms with Crippen molar-refractivity contribution in [2.24, 2.45) is 0 Å². The van der Waals surface area contributed by atoms with Gasteiger partial charge in [0.2, 0.25) is 0 Å². The average Bonchev–Trinajstić information content (AvgIpc) is 2.25. The fraction of sp³-hybridized carbons (Fsp3) is 0.182. The first-order chi connectivity index (χ1) is 7.66. The lowest BCUT2D eigenvalue weighted by Crippen LogP contribution is -2.23. The van der Waals surface area contributed by atoms with E-state index in [0.29, 0.717) is 12.2 Å². The SMILES string of the molecule is Cc1cccnc1Cn1ncc(N)cc1=O. The van der Waals surface area contributed by atoms with Gasteiger partial charge in [-0.1, -0.05) is 6.07 Å². The van der Waals surface area contributed by atoms with Crippen LogP contribution in [0.5, 0.6) is 0 Å². The van der Waals surface area contributed by atoms with Crippen molar-refractivity contribution in [3.8, 4) is 0 Å². The fourth-order valence-electron chi connectivity index (χ4n) is 1.39. The molecule has 0 bridgehead atoms. The van der Waals surface area contributed by atoms with Crippen molar-refractivity contribution in [1.82, 2.24) is 14.8 Å². The Morgan fingerprint density at radius 2 is 2.31 bits per heavy atom. The zero-order valence-electron chi connectivity index (χ0n) is 8.92. The number of nitrogen functional groups attached to an aromatic ring is 1. The number of anilines is 1. The number of nitrogens with zero attached hydrogens (tertiary/aromatic N) is 3. The minimum absolute atomic E-state index is 0.218. The molecule has 5 nitrogen and oxygen atoms in total. The molecule has 0 aliphatic carbocycles. The minimum atomic E-state index is -0.218. The second-order valence-electron chi connectivity index (χ2n) is 3.55. The Morgan fingerprint density at radius 1 is 1.50 bits per heavy atom. The quantitative estimate of drug-likeness (QED) is 0.796. The molecule has 0 amide bonds. The molecule has 0 atom stereocenters. The van der Waals surface area contributed by atoms with Crippen LogP contribution >= 0.6 is 0 Å². The number of rotatable bonds is 2. The van der Waals surface area contributed by atoms with Crippen molar-refractivity contribution in [3.05, 3.63) is 52.2 Å². The highest BCUT2D eigenvalue weighted by Crippen LogP contribution is 2.03. The highest BCUT2D eigenvalue weighted by atomic mass is 16.1. The van der Waals surface area contributed by atoms with E-state index in [4.69, 9.17) is 5.73 Å². The molecule has 2 aromatic heterocycles. The summed E-state index contributed by atoms with van der Waals surface area (Å²) in [7, 11) is 0. The summed E-state index contributed by atoms with van der Waals surface area (Å²) in [6.45, 7) is 2.32. The summed E-state index contributed by atoms with van der Waals surface area (Å²) >= 11 is 0. The molecule has 0 unspecified atom stereocenters. The van der Waals surface area contributed by atoms with Crippen molar-refractivity contribution in [1.29, 1.82) is 0 Å². The fourth-order valence-corrected chi connectivity index (χ4v) is 1.39. The molecule has 5 heteroatoms. The van der Waals surface area contributed by atoms with Gasteiger partial charge in [-0.05, 0) is 18.6 Å². The van der Waals surface area contributed by atoms with E-state index in [2.05, 4.69) is 10.1 Å². The first kappa shape index (κ1) is 10.4. The lowest BCUT2D eigenvalue weighted by atomic mass is 10.2. The summed E-state index contributed by atoms with van der Waals surface area (Å²) < 4.78 is 1.34. The van der Waals surface area contributed by atoms with Crippen LogP contribution in [0.25, 0.3) is 0 Å². The van der Waals surface area contributed by atoms with E-state index >= 15 is 0 Å². The molecule has 0 radical (unpaired) electrons. The maximum atomic E-state index is 11.5. The third-order valence-electron chi connectivity index (χ3n) is 2.31. The molecule has 0 saturated carbocycles. The van der Waals surface area contributed by atoms with Crippen LogP contribution in [-0.4, -0.2) is 14.8 Å². The van der Waals surface area contributed by atoms with Crippen LogP contribution in [0.2, 0.25) is 0 Å². The largest absolute Gasteiger partial charge is 0.397 e. The highest BCUT2D eigenvalue weighted by Gasteiger charge is 2.03. The van der Waals surface area contributed by atoms with Crippen molar-refractivity contribution in [2.75, 3.05) is 5.73 Å². The maximum Gasteiger partial charge on any atom is 0.269 e. The monoisotopic (exact) mass is 216 g/mol. The van der Waals surface area contributed by atoms with Crippen LogP contribution in [-0.2, 0) is 6.54 Å². The Labute approximate surface area is 92.6 Å². The van der Waals surface area contributed by atoms with Gasteiger partial charge in [-0.25, -0.2) is 4.68 Å². The Hall–Kier alpha value is -2.17. The van der Waals surface area contributed by atoms with Gasteiger partial charge in [0.15, 0.2) is 0 Å². The molecule has 0 fully saturated rings. The van der Waals surface area contributed by atoms with Crippen LogP contribution < -0.4 is 11.3 Å². The lowest BCUT2D eigenvalue weighted by molar-refractivity contribution is 0.626. The number of aromatic nitrogens is 3. The number of hydrogen-bond acceptors (Lipinski definition) is 4. The van der Waals surface area contributed by atoms with E-state index in [1.807, 2.05) is 19.1 Å². The number of hydrogen-bond donors (Lipinski definition) is 1. The summed E-state index contributed by atoms with van der Waals surface area (Å²) in [6.07, 6.45) is 3.16. The molecular weight excluding hydrogens is 204 g/mol. The van der Waals surface area contributed by atoms with E-state index in [1.165, 1.54) is 16.9 Å². The Bertz CT molecular complexity index is 562. The molecule has 16 heavy (non-hydrogen) atoms. The van der Waals surface area contributed by atoms with Gasteiger partial charge >= 0.3 is 0 Å². The van der Waals surface area contributed by atoms with Gasteiger partial charge in [-0.2, -0.15) is 5.10 Å². The molecule has 2 rings (SSSR count). The van der Waals surface area contributed by atoms with Gasteiger partial charge in [-0.3, -0.25) is 9.78 Å². The van der Waals surface area contributed by atoms with Gasteiger partial charge in [-0.15, -0.1) is 0 Å². The van der Waals surface area contributed by atoms with Crippen molar-refractivity contribution in [2.45, 2.75) is 13.5 Å². The molecule has 2 heterocycles. The first-order valence-corrected chi connectivity index (χ1v) is 4.90. The summed E-state index contributed by atoms with van der Waals surface area (Å²) in [6, 6.07) is 5.16. The molecule has 2 aromatic rings. The molecule has 0 saturated heterocycles. The van der Waals surface area contributed by atoms with Crippen molar-refractivity contribution >= 4 is 5.69 Å². The zero-order chi connectivity index (χ0) is 11.5. The summed E-state index contributed by atoms with van der Waals surface area (Å²) in [5.41, 5.74) is 7.49. The Balaban J connectivity index is 2.35. The lowest BCUT2D eigenvalue weighted by Gasteiger charge is -2.06. The van der Waals surface area contributed by atoms with Gasteiger partial charge in [0, 0.05) is 12.3 Å². The minimum Gasteiger partial charge on any atom is -0.397 e. The smallest absolute Gasteiger partial charge is 0.269 e. The van der Waals surface area contributed by atoms with Gasteiger partial charge in [0.25, 0.3) is 5.56 Å². The van der Waals surface area contributed by atoms with Crippen LogP contribution in [0, 0.1) is 6.92 Å². The van der Waals surface area contributed by atoms with E-state index in [9.17, 15) is 4.79 Å². The Kier molecular flexibility index (Phi) is 2.68. The second-order valence-corrected chi connectivity index (χ2v) is 3.55. The summed E-state index contributed by atoms with van der Waals surface area (Å²) in [5, 5.41) is 3.95. The van der Waals surface area contributed by atoms with E-state index in [1.54, 1.807) is 6.20 Å². The molecule has 0 aromatic carbocycles. The normalized spacial score (nSPS) is 10.3. The maximum absolute atomic E-state index is 11.5. The predicted octanol–water partition coefficient (Wildman–Crippen LogP) is 0.577. The predicted molar refractivity (Wildman–Crippen MR) is 61.0 cm³/mol. The first-order valence-electron chi connectivity index (χ1n) is 4.90. The van der Waals surface area contributed by atoms with Crippen LogP contribution in [0.15, 0.2) is 35.4 Å². The van der Waals surface area contributed by atoms with Gasteiger partial charge < -0.3 is 5.73 Å². The number of nitrogens with two attached hydrogens (primary N) is 1. The third-order valence-corrected chi connectivity index (χ3v) is 2.31. The van der Waals surface area contributed by atoms with E-state index < -0.39 is 0 Å². The van der Waals surface area contributed by atoms with E-state index in [-0.39, 0.29) is 5.56 Å². The molecule has 0 spiro atoms. The van der Waals surface area contributed by atoms with Gasteiger partial charge in [0.05, 0.1) is 24.1 Å². The average molecular weight is 216 g/mol. The molecule has 2 N–H and O–H groups in total. The molecule has 82 valence electrons. The summed E-state index contributed by atoms with van der Waals surface area (Å²) in [5.74, 6) is 0.